The van der Waals surface area contributed by atoms with Gasteiger partial charge in [0.2, 0.25) is 5.89 Å². The Labute approximate surface area is 106 Å². The Morgan fingerprint density at radius 1 is 1.44 bits per heavy atom. The second-order valence-corrected chi connectivity index (χ2v) is 3.63. The molecule has 0 saturated carbocycles. The molecule has 18 heavy (non-hydrogen) atoms. The molecule has 0 aliphatic rings. The maximum atomic E-state index is 13.6. The third-order valence-electron chi connectivity index (χ3n) is 1.99. The number of carbonyl (C=O) groups is 1. The maximum Gasteiger partial charge on any atom is 0.328 e. The van der Waals surface area contributed by atoms with Crippen LogP contribution in [0.4, 0.5) is 4.39 Å². The normalized spacial score (nSPS) is 11.0. The van der Waals surface area contributed by atoms with Gasteiger partial charge in [0.05, 0.1) is 10.6 Å². The number of hydrogen-bond acceptors (Lipinski definition) is 4. The van der Waals surface area contributed by atoms with Crippen molar-refractivity contribution in [1.82, 2.24) is 10.2 Å². The molecule has 7 heteroatoms. The molecule has 0 saturated heterocycles. The van der Waals surface area contributed by atoms with E-state index in [2.05, 4.69) is 10.2 Å². The van der Waals surface area contributed by atoms with Crippen LogP contribution in [0.25, 0.3) is 17.5 Å². The van der Waals surface area contributed by atoms with Crippen molar-refractivity contribution in [1.29, 1.82) is 0 Å². The molecule has 0 fully saturated rings. The molecule has 1 aromatic heterocycles. The summed E-state index contributed by atoms with van der Waals surface area (Å²) in [6.07, 6.45) is 1.95. The molecule has 0 atom stereocenters. The molecule has 92 valence electrons. The van der Waals surface area contributed by atoms with E-state index in [4.69, 9.17) is 21.1 Å². The van der Waals surface area contributed by atoms with Crippen LogP contribution in [0.3, 0.4) is 0 Å². The number of carboxylic acid groups (broad SMARTS) is 1. The van der Waals surface area contributed by atoms with Crippen LogP contribution in [0.1, 0.15) is 5.89 Å². The fraction of sp³-hybridized carbons (Fsp3) is 0. The number of aromatic nitrogens is 2. The lowest BCUT2D eigenvalue weighted by atomic mass is 10.2. The van der Waals surface area contributed by atoms with Crippen molar-refractivity contribution in [2.24, 2.45) is 0 Å². The largest absolute Gasteiger partial charge is 0.478 e. The Hall–Kier alpha value is -2.21. The summed E-state index contributed by atoms with van der Waals surface area (Å²) in [6, 6.07) is 4.36. The van der Waals surface area contributed by atoms with Crippen LogP contribution < -0.4 is 0 Å². The predicted octanol–water partition coefficient (Wildman–Crippen LogP) is 2.63. The van der Waals surface area contributed by atoms with Gasteiger partial charge in [-0.3, -0.25) is 0 Å². The van der Waals surface area contributed by atoms with E-state index >= 15 is 0 Å². The van der Waals surface area contributed by atoms with Crippen LogP contribution in [0.2, 0.25) is 5.02 Å². The summed E-state index contributed by atoms with van der Waals surface area (Å²) in [5, 5.41) is 15.5. The number of hydrogen-bond donors (Lipinski definition) is 1. The molecular formula is C11H6ClFN2O3. The zero-order valence-corrected chi connectivity index (χ0v) is 9.56. The lowest BCUT2D eigenvalue weighted by molar-refractivity contribution is -0.131. The highest BCUT2D eigenvalue weighted by Gasteiger charge is 2.14. The number of benzene rings is 1. The summed E-state index contributed by atoms with van der Waals surface area (Å²) in [6.45, 7) is 0. The Kier molecular flexibility index (Phi) is 3.38. The van der Waals surface area contributed by atoms with E-state index in [-0.39, 0.29) is 22.4 Å². The summed E-state index contributed by atoms with van der Waals surface area (Å²) in [5.74, 6) is -1.92. The van der Waals surface area contributed by atoms with E-state index in [1.807, 2.05) is 0 Å². The fourth-order valence-electron chi connectivity index (χ4n) is 1.22. The summed E-state index contributed by atoms with van der Waals surface area (Å²) >= 11 is 5.62. The number of carboxylic acids is 1. The van der Waals surface area contributed by atoms with Crippen LogP contribution in [0, 0.1) is 5.82 Å². The van der Waals surface area contributed by atoms with Crippen molar-refractivity contribution in [2.45, 2.75) is 0 Å². The van der Waals surface area contributed by atoms with Crippen molar-refractivity contribution < 1.29 is 18.7 Å². The Morgan fingerprint density at radius 3 is 2.94 bits per heavy atom. The molecule has 2 aromatic rings. The Balaban J connectivity index is 2.35. The topological polar surface area (TPSA) is 76.2 Å². The van der Waals surface area contributed by atoms with Crippen molar-refractivity contribution in [3.8, 4) is 11.5 Å². The summed E-state index contributed by atoms with van der Waals surface area (Å²) in [4.78, 5) is 10.3. The zero-order chi connectivity index (χ0) is 13.1. The fourth-order valence-corrected chi connectivity index (χ4v) is 1.40. The number of rotatable bonds is 3. The molecule has 0 unspecified atom stereocenters. The molecule has 0 amide bonds. The molecule has 1 aromatic carbocycles. The summed E-state index contributed by atoms with van der Waals surface area (Å²) < 4.78 is 18.7. The van der Waals surface area contributed by atoms with Gasteiger partial charge in [0.15, 0.2) is 5.82 Å². The Morgan fingerprint density at radius 2 is 2.22 bits per heavy atom. The van der Waals surface area contributed by atoms with Gasteiger partial charge >= 0.3 is 5.97 Å². The van der Waals surface area contributed by atoms with E-state index in [0.717, 1.165) is 12.2 Å². The van der Waals surface area contributed by atoms with Crippen LogP contribution in [-0.2, 0) is 4.79 Å². The van der Waals surface area contributed by atoms with Gasteiger partial charge in [-0.2, -0.15) is 0 Å². The van der Waals surface area contributed by atoms with Gasteiger partial charge in [0, 0.05) is 12.2 Å². The molecule has 0 radical (unpaired) electrons. The van der Waals surface area contributed by atoms with E-state index in [9.17, 15) is 9.18 Å². The van der Waals surface area contributed by atoms with E-state index in [1.165, 1.54) is 18.2 Å². The minimum Gasteiger partial charge on any atom is -0.478 e. The zero-order valence-electron chi connectivity index (χ0n) is 8.80. The van der Waals surface area contributed by atoms with Gasteiger partial charge in [-0.05, 0) is 12.1 Å². The average molecular weight is 269 g/mol. The van der Waals surface area contributed by atoms with Crippen LogP contribution in [-0.4, -0.2) is 21.3 Å². The van der Waals surface area contributed by atoms with E-state index in [1.54, 1.807) is 0 Å². The number of halogens is 2. The first-order valence-corrected chi connectivity index (χ1v) is 5.14. The third kappa shape index (κ3) is 2.54. The Bertz CT molecular complexity index is 625. The molecule has 0 bridgehead atoms. The van der Waals surface area contributed by atoms with Gasteiger partial charge in [-0.15, -0.1) is 10.2 Å². The minimum absolute atomic E-state index is 0.0354. The predicted molar refractivity (Wildman–Crippen MR) is 61.4 cm³/mol. The monoisotopic (exact) mass is 268 g/mol. The SMILES string of the molecule is O=C(O)/C=C/c1nnc(-c2cccc(Cl)c2F)o1. The highest BCUT2D eigenvalue weighted by atomic mass is 35.5. The third-order valence-corrected chi connectivity index (χ3v) is 2.28. The second-order valence-electron chi connectivity index (χ2n) is 3.22. The van der Waals surface area contributed by atoms with Crippen molar-refractivity contribution >= 4 is 23.6 Å². The highest BCUT2D eigenvalue weighted by molar-refractivity contribution is 6.31. The maximum absolute atomic E-state index is 13.6. The molecule has 5 nitrogen and oxygen atoms in total. The number of nitrogens with zero attached hydrogens (tertiary/aromatic N) is 2. The van der Waals surface area contributed by atoms with Crippen LogP contribution in [0.15, 0.2) is 28.7 Å². The molecule has 2 rings (SSSR count). The van der Waals surface area contributed by atoms with Crippen molar-refractivity contribution in [2.75, 3.05) is 0 Å². The second kappa shape index (κ2) is 4.97. The first kappa shape index (κ1) is 12.3. The van der Waals surface area contributed by atoms with Gasteiger partial charge in [-0.1, -0.05) is 17.7 Å². The standard InChI is InChI=1S/C11H6ClFN2O3/c12-7-3-1-2-6(10(7)13)11-15-14-8(18-11)4-5-9(16)17/h1-5H,(H,16,17)/b5-4+. The van der Waals surface area contributed by atoms with Crippen LogP contribution in [0.5, 0.6) is 0 Å². The lowest BCUT2D eigenvalue weighted by Gasteiger charge is -1.98. The molecule has 1 N–H and O–H groups in total. The van der Waals surface area contributed by atoms with E-state index in [0.29, 0.717) is 0 Å². The van der Waals surface area contributed by atoms with Gasteiger partial charge in [0.1, 0.15) is 0 Å². The summed E-state index contributed by atoms with van der Waals surface area (Å²) in [7, 11) is 0. The molecule has 0 aliphatic heterocycles. The average Bonchev–Trinajstić information content (AvgIpc) is 2.78. The van der Waals surface area contributed by atoms with Crippen molar-refractivity contribution in [3.05, 3.63) is 41.0 Å². The summed E-state index contributed by atoms with van der Waals surface area (Å²) in [5.41, 5.74) is 0.0602. The minimum atomic E-state index is -1.15. The van der Waals surface area contributed by atoms with Gasteiger partial charge in [0.25, 0.3) is 5.89 Å². The molecule has 1 heterocycles. The van der Waals surface area contributed by atoms with Crippen LogP contribution >= 0.6 is 11.6 Å². The molecule has 0 aliphatic carbocycles. The first-order valence-electron chi connectivity index (χ1n) is 4.77. The molecular weight excluding hydrogens is 263 g/mol. The quantitative estimate of drug-likeness (QED) is 0.866. The van der Waals surface area contributed by atoms with Crippen molar-refractivity contribution in [3.63, 3.8) is 0 Å². The highest BCUT2D eigenvalue weighted by Crippen LogP contribution is 2.26. The molecule has 0 spiro atoms. The lowest BCUT2D eigenvalue weighted by Crippen LogP contribution is -1.85. The number of aliphatic carboxylic acids is 1. The smallest absolute Gasteiger partial charge is 0.328 e. The van der Waals surface area contributed by atoms with E-state index < -0.39 is 11.8 Å². The van der Waals surface area contributed by atoms with Gasteiger partial charge < -0.3 is 9.52 Å². The first-order chi connectivity index (χ1) is 8.58. The van der Waals surface area contributed by atoms with Gasteiger partial charge in [-0.25, -0.2) is 9.18 Å².